The molecule has 2 rings (SSSR count). The van der Waals surface area contributed by atoms with Crippen LogP contribution in [-0.2, 0) is 11.2 Å². The van der Waals surface area contributed by atoms with E-state index in [0.29, 0.717) is 12.5 Å². The lowest BCUT2D eigenvalue weighted by Gasteiger charge is -2.34. The number of ether oxygens (including phenoxy) is 1. The number of nitrogens with two attached hydrogens (primary N) is 1. The monoisotopic (exact) mass is 276 g/mol. The summed E-state index contributed by atoms with van der Waals surface area (Å²) in [6, 6.07) is 6.11. The van der Waals surface area contributed by atoms with Crippen molar-refractivity contribution in [3.8, 4) is 5.75 Å². The minimum Gasteiger partial charge on any atom is -0.479 e. The summed E-state index contributed by atoms with van der Waals surface area (Å²) in [5, 5.41) is 0. The standard InChI is InChI=1S/C16H24N2O2/c1-10(2)9-18-14-8-13(7-11(3)17)5-6-15(14)20-12(4)16(18)19/h5-6,8,10-12H,7,9,17H2,1-4H3. The quantitative estimate of drug-likeness (QED) is 0.918. The van der Waals surface area contributed by atoms with Crippen LogP contribution in [0, 0.1) is 5.92 Å². The molecule has 0 radical (unpaired) electrons. The first-order chi connectivity index (χ1) is 9.38. The molecule has 0 aliphatic carbocycles. The molecule has 0 bridgehead atoms. The number of rotatable bonds is 4. The highest BCUT2D eigenvalue weighted by molar-refractivity contribution is 5.99. The summed E-state index contributed by atoms with van der Waals surface area (Å²) >= 11 is 0. The van der Waals surface area contributed by atoms with E-state index in [0.717, 1.165) is 23.4 Å². The van der Waals surface area contributed by atoms with Gasteiger partial charge >= 0.3 is 0 Å². The van der Waals surface area contributed by atoms with E-state index in [9.17, 15) is 4.79 Å². The number of benzene rings is 1. The summed E-state index contributed by atoms with van der Waals surface area (Å²) in [5.41, 5.74) is 7.87. The maximum Gasteiger partial charge on any atom is 0.267 e. The average molecular weight is 276 g/mol. The summed E-state index contributed by atoms with van der Waals surface area (Å²) in [7, 11) is 0. The molecule has 4 heteroatoms. The molecule has 0 fully saturated rings. The topological polar surface area (TPSA) is 55.6 Å². The van der Waals surface area contributed by atoms with Gasteiger partial charge in [-0.2, -0.15) is 0 Å². The molecule has 110 valence electrons. The minimum absolute atomic E-state index is 0.0316. The second-order valence-electron chi connectivity index (χ2n) is 6.09. The smallest absolute Gasteiger partial charge is 0.267 e. The Hall–Kier alpha value is -1.55. The van der Waals surface area contributed by atoms with Gasteiger partial charge in [-0.05, 0) is 43.9 Å². The Bertz CT molecular complexity index is 497. The Morgan fingerprint density at radius 1 is 1.35 bits per heavy atom. The molecule has 4 nitrogen and oxygen atoms in total. The fraction of sp³-hybridized carbons (Fsp3) is 0.562. The zero-order valence-electron chi connectivity index (χ0n) is 12.7. The number of fused-ring (bicyclic) bond motifs is 1. The number of carbonyl (C=O) groups excluding carboxylic acids is 1. The molecule has 2 N–H and O–H groups in total. The molecule has 0 saturated carbocycles. The average Bonchev–Trinajstić information content (AvgIpc) is 2.34. The van der Waals surface area contributed by atoms with E-state index in [4.69, 9.17) is 10.5 Å². The van der Waals surface area contributed by atoms with Crippen molar-refractivity contribution in [2.75, 3.05) is 11.4 Å². The SMILES string of the molecule is CC(C)CN1C(=O)C(C)Oc2ccc(CC(C)N)cc21. The molecule has 20 heavy (non-hydrogen) atoms. The van der Waals surface area contributed by atoms with Gasteiger partial charge in [0.1, 0.15) is 5.75 Å². The third-order valence-electron chi connectivity index (χ3n) is 3.34. The maximum atomic E-state index is 12.3. The molecular formula is C16H24N2O2. The summed E-state index contributed by atoms with van der Waals surface area (Å²) in [5.74, 6) is 1.23. The number of hydrogen-bond acceptors (Lipinski definition) is 3. The molecule has 1 aliphatic heterocycles. The van der Waals surface area contributed by atoms with Crippen LogP contribution in [0.1, 0.15) is 33.3 Å². The van der Waals surface area contributed by atoms with Crippen molar-refractivity contribution < 1.29 is 9.53 Å². The van der Waals surface area contributed by atoms with Gasteiger partial charge in [0.05, 0.1) is 5.69 Å². The Balaban J connectivity index is 2.37. The second kappa shape index (κ2) is 5.83. The Labute approximate surface area is 120 Å². The molecule has 2 atom stereocenters. The van der Waals surface area contributed by atoms with E-state index < -0.39 is 6.10 Å². The van der Waals surface area contributed by atoms with Crippen molar-refractivity contribution in [1.82, 2.24) is 0 Å². The van der Waals surface area contributed by atoms with Crippen LogP contribution in [0.4, 0.5) is 5.69 Å². The number of carbonyl (C=O) groups is 1. The summed E-state index contributed by atoms with van der Waals surface area (Å²) in [6.45, 7) is 8.71. The van der Waals surface area contributed by atoms with Gasteiger partial charge in [0.25, 0.3) is 5.91 Å². The number of hydrogen-bond donors (Lipinski definition) is 1. The van der Waals surface area contributed by atoms with E-state index in [1.807, 2.05) is 30.0 Å². The molecule has 1 aromatic rings. The van der Waals surface area contributed by atoms with Gasteiger partial charge in [-0.15, -0.1) is 0 Å². The molecule has 1 amide bonds. The largest absolute Gasteiger partial charge is 0.479 e. The van der Waals surface area contributed by atoms with Crippen molar-refractivity contribution in [3.05, 3.63) is 23.8 Å². The zero-order chi connectivity index (χ0) is 14.9. The van der Waals surface area contributed by atoms with Crippen molar-refractivity contribution in [1.29, 1.82) is 0 Å². The molecular weight excluding hydrogens is 252 g/mol. The van der Waals surface area contributed by atoms with Gasteiger partial charge in [0, 0.05) is 12.6 Å². The fourth-order valence-corrected chi connectivity index (χ4v) is 2.50. The van der Waals surface area contributed by atoms with Crippen LogP contribution in [-0.4, -0.2) is 24.6 Å². The van der Waals surface area contributed by atoms with Gasteiger partial charge in [0.2, 0.25) is 0 Å². The Morgan fingerprint density at radius 3 is 2.65 bits per heavy atom. The Morgan fingerprint density at radius 2 is 2.05 bits per heavy atom. The number of anilines is 1. The van der Waals surface area contributed by atoms with E-state index in [1.165, 1.54) is 0 Å². The van der Waals surface area contributed by atoms with Crippen molar-refractivity contribution >= 4 is 11.6 Å². The van der Waals surface area contributed by atoms with Crippen LogP contribution in [0.15, 0.2) is 18.2 Å². The third-order valence-corrected chi connectivity index (χ3v) is 3.34. The lowest BCUT2D eigenvalue weighted by atomic mass is 10.0. The van der Waals surface area contributed by atoms with E-state index >= 15 is 0 Å². The van der Waals surface area contributed by atoms with Crippen molar-refractivity contribution in [2.45, 2.75) is 46.3 Å². The molecule has 1 aliphatic rings. The van der Waals surface area contributed by atoms with Gasteiger partial charge in [-0.25, -0.2) is 0 Å². The summed E-state index contributed by atoms with van der Waals surface area (Å²) < 4.78 is 5.69. The van der Waals surface area contributed by atoms with Crippen LogP contribution < -0.4 is 15.4 Å². The van der Waals surface area contributed by atoms with Gasteiger partial charge in [0.15, 0.2) is 6.10 Å². The van der Waals surface area contributed by atoms with Crippen molar-refractivity contribution in [2.24, 2.45) is 11.7 Å². The normalized spacial score (nSPS) is 19.8. The molecule has 1 aromatic carbocycles. The molecule has 2 unspecified atom stereocenters. The third kappa shape index (κ3) is 3.12. The predicted molar refractivity (Wildman–Crippen MR) is 81.1 cm³/mol. The molecule has 0 aromatic heterocycles. The van der Waals surface area contributed by atoms with Gasteiger partial charge in [-0.3, -0.25) is 4.79 Å². The molecule has 1 heterocycles. The van der Waals surface area contributed by atoms with Gasteiger partial charge < -0.3 is 15.4 Å². The number of amides is 1. The first-order valence-electron chi connectivity index (χ1n) is 7.25. The summed E-state index contributed by atoms with van der Waals surface area (Å²) in [6.07, 6.45) is 0.382. The van der Waals surface area contributed by atoms with Crippen LogP contribution in [0.5, 0.6) is 5.75 Å². The summed E-state index contributed by atoms with van der Waals surface area (Å²) in [4.78, 5) is 14.2. The highest BCUT2D eigenvalue weighted by Crippen LogP contribution is 2.35. The van der Waals surface area contributed by atoms with Crippen molar-refractivity contribution in [3.63, 3.8) is 0 Å². The lowest BCUT2D eigenvalue weighted by molar-refractivity contribution is -0.125. The van der Waals surface area contributed by atoms with Gasteiger partial charge in [-0.1, -0.05) is 19.9 Å². The maximum absolute atomic E-state index is 12.3. The zero-order valence-corrected chi connectivity index (χ0v) is 12.7. The van der Waals surface area contributed by atoms with Crippen LogP contribution in [0.25, 0.3) is 0 Å². The first kappa shape index (κ1) is 14.9. The molecule has 0 saturated heterocycles. The number of nitrogens with zero attached hydrogens (tertiary/aromatic N) is 1. The fourth-order valence-electron chi connectivity index (χ4n) is 2.50. The van der Waals surface area contributed by atoms with Crippen LogP contribution in [0.3, 0.4) is 0 Å². The first-order valence-corrected chi connectivity index (χ1v) is 7.25. The predicted octanol–water partition coefficient (Wildman–Crippen LogP) is 2.35. The highest BCUT2D eigenvalue weighted by Gasteiger charge is 2.31. The molecule has 0 spiro atoms. The minimum atomic E-state index is -0.416. The van der Waals surface area contributed by atoms with E-state index in [1.54, 1.807) is 6.92 Å². The van der Waals surface area contributed by atoms with E-state index in [2.05, 4.69) is 13.8 Å². The van der Waals surface area contributed by atoms with E-state index in [-0.39, 0.29) is 11.9 Å². The second-order valence-corrected chi connectivity index (χ2v) is 6.09. The Kier molecular flexibility index (Phi) is 4.33. The van der Waals surface area contributed by atoms with Crippen LogP contribution in [0.2, 0.25) is 0 Å². The van der Waals surface area contributed by atoms with Crippen LogP contribution >= 0.6 is 0 Å². The lowest BCUT2D eigenvalue weighted by Crippen LogP contribution is -2.46. The highest BCUT2D eigenvalue weighted by atomic mass is 16.5.